The Morgan fingerprint density at radius 3 is 2.61 bits per heavy atom. The minimum atomic E-state index is -0.151. The SMILES string of the molecule is CCC1CCCC(C(O)Cc2ccc(C)cc2)C1. The lowest BCUT2D eigenvalue weighted by Crippen LogP contribution is -2.28. The molecule has 1 aliphatic carbocycles. The highest BCUT2D eigenvalue weighted by atomic mass is 16.3. The third kappa shape index (κ3) is 3.58. The van der Waals surface area contributed by atoms with Crippen molar-refractivity contribution in [1.29, 1.82) is 0 Å². The van der Waals surface area contributed by atoms with Crippen LogP contribution in [0.3, 0.4) is 0 Å². The Morgan fingerprint density at radius 2 is 1.94 bits per heavy atom. The Kier molecular flexibility index (Phi) is 4.82. The molecule has 18 heavy (non-hydrogen) atoms. The van der Waals surface area contributed by atoms with Crippen molar-refractivity contribution in [2.45, 2.75) is 58.5 Å². The fraction of sp³-hybridized carbons (Fsp3) is 0.647. The lowest BCUT2D eigenvalue weighted by molar-refractivity contribution is 0.0685. The predicted molar refractivity (Wildman–Crippen MR) is 76.6 cm³/mol. The minimum Gasteiger partial charge on any atom is -0.392 e. The Morgan fingerprint density at radius 1 is 1.22 bits per heavy atom. The largest absolute Gasteiger partial charge is 0.392 e. The van der Waals surface area contributed by atoms with Crippen molar-refractivity contribution >= 4 is 0 Å². The molecular formula is C17H26O. The molecule has 0 bridgehead atoms. The number of aryl methyl sites for hydroxylation is 1. The van der Waals surface area contributed by atoms with Crippen LogP contribution in [-0.4, -0.2) is 11.2 Å². The van der Waals surface area contributed by atoms with Crippen molar-refractivity contribution in [2.75, 3.05) is 0 Å². The molecule has 2 rings (SSSR count). The average Bonchev–Trinajstić information content (AvgIpc) is 2.41. The average molecular weight is 246 g/mol. The van der Waals surface area contributed by atoms with Gasteiger partial charge in [-0.05, 0) is 43.6 Å². The molecule has 3 unspecified atom stereocenters. The molecular weight excluding hydrogens is 220 g/mol. The Balaban J connectivity index is 1.90. The van der Waals surface area contributed by atoms with Gasteiger partial charge in [-0.25, -0.2) is 0 Å². The van der Waals surface area contributed by atoms with E-state index in [-0.39, 0.29) is 6.10 Å². The van der Waals surface area contributed by atoms with E-state index < -0.39 is 0 Å². The van der Waals surface area contributed by atoms with Gasteiger partial charge in [-0.1, -0.05) is 56.0 Å². The van der Waals surface area contributed by atoms with Crippen LogP contribution in [0.5, 0.6) is 0 Å². The standard InChI is InChI=1S/C17H26O/c1-3-14-5-4-6-16(11-14)17(18)12-15-9-7-13(2)8-10-15/h7-10,14,16-18H,3-6,11-12H2,1-2H3. The topological polar surface area (TPSA) is 20.2 Å². The molecule has 0 amide bonds. The lowest BCUT2D eigenvalue weighted by Gasteiger charge is -2.31. The van der Waals surface area contributed by atoms with E-state index in [0.29, 0.717) is 5.92 Å². The van der Waals surface area contributed by atoms with E-state index in [1.807, 2.05) is 0 Å². The molecule has 1 nitrogen and oxygen atoms in total. The highest BCUT2D eigenvalue weighted by molar-refractivity contribution is 5.21. The molecule has 1 fully saturated rings. The third-order valence-corrected chi connectivity index (χ3v) is 4.51. The monoisotopic (exact) mass is 246 g/mol. The van der Waals surface area contributed by atoms with Crippen LogP contribution in [0.4, 0.5) is 0 Å². The van der Waals surface area contributed by atoms with E-state index in [2.05, 4.69) is 38.1 Å². The second kappa shape index (κ2) is 6.38. The van der Waals surface area contributed by atoms with Crippen molar-refractivity contribution in [3.05, 3.63) is 35.4 Å². The highest BCUT2D eigenvalue weighted by Gasteiger charge is 2.26. The van der Waals surface area contributed by atoms with E-state index in [0.717, 1.165) is 12.3 Å². The summed E-state index contributed by atoms with van der Waals surface area (Å²) < 4.78 is 0. The maximum Gasteiger partial charge on any atom is 0.0608 e. The summed E-state index contributed by atoms with van der Waals surface area (Å²) in [5.41, 5.74) is 2.56. The third-order valence-electron chi connectivity index (χ3n) is 4.51. The van der Waals surface area contributed by atoms with Crippen LogP contribution in [0.1, 0.15) is 50.2 Å². The molecule has 1 N–H and O–H groups in total. The fourth-order valence-electron chi connectivity index (χ4n) is 3.19. The molecule has 0 radical (unpaired) electrons. The van der Waals surface area contributed by atoms with Gasteiger partial charge in [0.2, 0.25) is 0 Å². The van der Waals surface area contributed by atoms with Crippen LogP contribution in [-0.2, 0) is 6.42 Å². The summed E-state index contributed by atoms with van der Waals surface area (Å²) in [6, 6.07) is 8.58. The van der Waals surface area contributed by atoms with Gasteiger partial charge < -0.3 is 5.11 Å². The summed E-state index contributed by atoms with van der Waals surface area (Å²) in [5, 5.41) is 10.4. The van der Waals surface area contributed by atoms with Gasteiger partial charge in [0.15, 0.2) is 0 Å². The summed E-state index contributed by atoms with van der Waals surface area (Å²) >= 11 is 0. The first-order valence-corrected chi connectivity index (χ1v) is 7.42. The number of hydrogen-bond donors (Lipinski definition) is 1. The first kappa shape index (κ1) is 13.6. The molecule has 0 aromatic heterocycles. The van der Waals surface area contributed by atoms with Crippen molar-refractivity contribution in [2.24, 2.45) is 11.8 Å². The molecule has 1 saturated carbocycles. The zero-order valence-corrected chi connectivity index (χ0v) is 11.7. The molecule has 100 valence electrons. The van der Waals surface area contributed by atoms with Crippen molar-refractivity contribution in [3.63, 3.8) is 0 Å². The number of aliphatic hydroxyl groups excluding tert-OH is 1. The maximum absolute atomic E-state index is 10.4. The van der Waals surface area contributed by atoms with Crippen molar-refractivity contribution in [1.82, 2.24) is 0 Å². The number of benzene rings is 1. The van der Waals surface area contributed by atoms with Gasteiger partial charge >= 0.3 is 0 Å². The molecule has 0 saturated heterocycles. The molecule has 0 heterocycles. The van der Waals surface area contributed by atoms with Gasteiger partial charge in [0, 0.05) is 0 Å². The van der Waals surface area contributed by atoms with Crippen LogP contribution < -0.4 is 0 Å². The number of rotatable bonds is 4. The predicted octanol–water partition coefficient (Wildman–Crippen LogP) is 4.11. The van der Waals surface area contributed by atoms with Gasteiger partial charge in [-0.15, -0.1) is 0 Å². The summed E-state index contributed by atoms with van der Waals surface area (Å²) in [5.74, 6) is 1.36. The van der Waals surface area contributed by atoms with E-state index in [9.17, 15) is 5.11 Å². The Bertz CT molecular complexity index is 354. The number of aliphatic hydroxyl groups is 1. The molecule has 1 aliphatic rings. The number of hydrogen-bond acceptors (Lipinski definition) is 1. The Hall–Kier alpha value is -0.820. The summed E-state index contributed by atoms with van der Waals surface area (Å²) in [4.78, 5) is 0. The first-order chi connectivity index (χ1) is 8.69. The summed E-state index contributed by atoms with van der Waals surface area (Å²) in [6.45, 7) is 4.38. The molecule has 1 aromatic carbocycles. The van der Waals surface area contributed by atoms with Gasteiger partial charge in [0.25, 0.3) is 0 Å². The van der Waals surface area contributed by atoms with Gasteiger partial charge in [-0.3, -0.25) is 0 Å². The lowest BCUT2D eigenvalue weighted by atomic mass is 9.76. The van der Waals surface area contributed by atoms with Crippen LogP contribution in [0.2, 0.25) is 0 Å². The van der Waals surface area contributed by atoms with Gasteiger partial charge in [0.05, 0.1) is 6.10 Å². The second-order valence-corrected chi connectivity index (χ2v) is 5.96. The summed E-state index contributed by atoms with van der Waals surface area (Å²) in [6.07, 6.45) is 7.04. The smallest absolute Gasteiger partial charge is 0.0608 e. The summed E-state index contributed by atoms with van der Waals surface area (Å²) in [7, 11) is 0. The van der Waals surface area contributed by atoms with Crippen molar-refractivity contribution in [3.8, 4) is 0 Å². The normalized spacial score (nSPS) is 25.9. The molecule has 3 atom stereocenters. The Labute approximate surface area is 111 Å². The molecule has 1 aromatic rings. The zero-order valence-electron chi connectivity index (χ0n) is 11.7. The van der Waals surface area contributed by atoms with Gasteiger partial charge in [-0.2, -0.15) is 0 Å². The molecule has 1 heteroatoms. The van der Waals surface area contributed by atoms with E-state index in [1.54, 1.807) is 0 Å². The van der Waals surface area contributed by atoms with Crippen molar-refractivity contribution < 1.29 is 5.11 Å². The van der Waals surface area contributed by atoms with Gasteiger partial charge in [0.1, 0.15) is 0 Å². The highest BCUT2D eigenvalue weighted by Crippen LogP contribution is 2.33. The fourth-order valence-corrected chi connectivity index (χ4v) is 3.19. The van der Waals surface area contributed by atoms with E-state index >= 15 is 0 Å². The quantitative estimate of drug-likeness (QED) is 0.847. The van der Waals surface area contributed by atoms with Crippen LogP contribution in [0.15, 0.2) is 24.3 Å². The van der Waals surface area contributed by atoms with Crippen LogP contribution >= 0.6 is 0 Å². The van der Waals surface area contributed by atoms with Crippen LogP contribution in [0, 0.1) is 18.8 Å². The zero-order chi connectivity index (χ0) is 13.0. The van der Waals surface area contributed by atoms with Crippen LogP contribution in [0.25, 0.3) is 0 Å². The van der Waals surface area contributed by atoms with E-state index in [1.165, 1.54) is 43.2 Å². The second-order valence-electron chi connectivity index (χ2n) is 5.96. The minimum absolute atomic E-state index is 0.151. The maximum atomic E-state index is 10.4. The molecule has 0 aliphatic heterocycles. The first-order valence-electron chi connectivity index (χ1n) is 7.42. The molecule has 0 spiro atoms. The van der Waals surface area contributed by atoms with E-state index in [4.69, 9.17) is 0 Å².